The Bertz CT molecular complexity index is 88.0. The molecular weight excluding hydrogens is 220 g/mol. The summed E-state index contributed by atoms with van der Waals surface area (Å²) in [7, 11) is 0. The topological polar surface area (TPSA) is 0 Å². The minimum atomic E-state index is 0.183. The van der Waals surface area contributed by atoms with Gasteiger partial charge in [-0.1, -0.05) is 0 Å². The summed E-state index contributed by atoms with van der Waals surface area (Å²) in [5, 5.41) is 0. The highest BCUT2D eigenvalue weighted by Crippen LogP contribution is 2.41. The summed E-state index contributed by atoms with van der Waals surface area (Å²) < 4.78 is 0.858. The molecule has 0 radical (unpaired) electrons. The molecule has 0 aromatic rings. The number of hydrogen-bond donors (Lipinski definition) is 2. The lowest BCUT2D eigenvalue weighted by Crippen LogP contribution is -2.03. The summed E-state index contributed by atoms with van der Waals surface area (Å²) in [5.74, 6) is 2.61. The van der Waals surface area contributed by atoms with Gasteiger partial charge < -0.3 is 0 Å². The number of thiol groups is 2. The van der Waals surface area contributed by atoms with Crippen LogP contribution >= 0.6 is 60.5 Å². The van der Waals surface area contributed by atoms with Gasteiger partial charge in [0.2, 0.25) is 0 Å². The molecule has 1 saturated heterocycles. The molecule has 10 heavy (non-hydrogen) atoms. The second-order valence-electron chi connectivity index (χ2n) is 1.85. The Morgan fingerprint density at radius 3 is 2.40 bits per heavy atom. The molecule has 0 aromatic heterocycles. The van der Waals surface area contributed by atoms with Crippen LogP contribution in [0.3, 0.4) is 0 Å². The van der Waals surface area contributed by atoms with Gasteiger partial charge in [-0.3, -0.25) is 0 Å². The summed E-state index contributed by atoms with van der Waals surface area (Å²) in [6.07, 6.45) is 1.36. The summed E-state index contributed by atoms with van der Waals surface area (Å²) in [6, 6.07) is 0. The molecule has 0 N–H and O–H groups in total. The standard InChI is InChI=1S/C5H10S5/c6-4(7)10-5-8-2-1-3-9-5/h4-7H,1-3H2. The van der Waals surface area contributed by atoms with E-state index in [4.69, 9.17) is 0 Å². The van der Waals surface area contributed by atoms with E-state index in [9.17, 15) is 0 Å². The van der Waals surface area contributed by atoms with Crippen molar-refractivity contribution >= 4 is 60.5 Å². The zero-order chi connectivity index (χ0) is 7.40. The van der Waals surface area contributed by atoms with Crippen LogP contribution in [0, 0.1) is 0 Å². The molecule has 1 aliphatic heterocycles. The smallest absolute Gasteiger partial charge is 0.0975 e. The van der Waals surface area contributed by atoms with Crippen LogP contribution in [0.25, 0.3) is 0 Å². The van der Waals surface area contributed by atoms with Crippen LogP contribution in [0.15, 0.2) is 0 Å². The number of thioether (sulfide) groups is 3. The van der Waals surface area contributed by atoms with Crippen molar-refractivity contribution < 1.29 is 0 Å². The fraction of sp³-hybridized carbons (Fsp3) is 1.00. The first-order chi connectivity index (χ1) is 4.79. The van der Waals surface area contributed by atoms with Crippen molar-refractivity contribution in [3.63, 3.8) is 0 Å². The van der Waals surface area contributed by atoms with Crippen LogP contribution in [0.5, 0.6) is 0 Å². The predicted molar refractivity (Wildman–Crippen MR) is 62.7 cm³/mol. The minimum Gasteiger partial charge on any atom is -0.154 e. The zero-order valence-electron chi connectivity index (χ0n) is 5.40. The van der Waals surface area contributed by atoms with Gasteiger partial charge in [-0.25, -0.2) is 0 Å². The molecule has 0 aliphatic carbocycles. The van der Waals surface area contributed by atoms with E-state index in [2.05, 4.69) is 25.3 Å². The first-order valence-electron chi connectivity index (χ1n) is 3.04. The third kappa shape index (κ3) is 3.95. The normalized spacial score (nSPS) is 21.9. The van der Waals surface area contributed by atoms with Crippen molar-refractivity contribution in [1.29, 1.82) is 0 Å². The molecule has 0 unspecified atom stereocenters. The molecule has 1 aliphatic rings. The first-order valence-corrected chi connectivity index (χ1v) is 7.11. The first kappa shape index (κ1) is 9.84. The summed E-state index contributed by atoms with van der Waals surface area (Å²) in [5.41, 5.74) is 0. The van der Waals surface area contributed by atoms with Crippen LogP contribution < -0.4 is 0 Å². The fourth-order valence-electron chi connectivity index (χ4n) is 0.644. The van der Waals surface area contributed by atoms with Gasteiger partial charge >= 0.3 is 0 Å². The van der Waals surface area contributed by atoms with Crippen molar-refractivity contribution in [3.05, 3.63) is 0 Å². The number of rotatable bonds is 2. The summed E-state index contributed by atoms with van der Waals surface area (Å²) in [4.78, 5) is 0. The highest BCUT2D eigenvalue weighted by atomic mass is 32.3. The van der Waals surface area contributed by atoms with E-state index in [1.807, 2.05) is 35.3 Å². The largest absolute Gasteiger partial charge is 0.154 e. The molecule has 0 nitrogen and oxygen atoms in total. The van der Waals surface area contributed by atoms with E-state index in [1.54, 1.807) is 0 Å². The molecule has 1 fully saturated rings. The van der Waals surface area contributed by atoms with Crippen LogP contribution in [0.1, 0.15) is 6.42 Å². The SMILES string of the molecule is SC(S)SC1SCCCS1. The van der Waals surface area contributed by atoms with Gasteiger partial charge in [0.1, 0.15) is 0 Å². The second-order valence-corrected chi connectivity index (χ2v) is 8.52. The van der Waals surface area contributed by atoms with Crippen molar-refractivity contribution in [3.8, 4) is 0 Å². The Morgan fingerprint density at radius 1 is 1.30 bits per heavy atom. The minimum absolute atomic E-state index is 0.183. The third-order valence-corrected chi connectivity index (χ3v) is 6.12. The zero-order valence-corrected chi connectivity index (χ0v) is 9.63. The van der Waals surface area contributed by atoms with E-state index >= 15 is 0 Å². The van der Waals surface area contributed by atoms with Crippen molar-refractivity contribution in [2.45, 2.75) is 14.2 Å². The lowest BCUT2D eigenvalue weighted by Gasteiger charge is -2.20. The molecule has 1 rings (SSSR count). The molecule has 0 atom stereocenters. The van der Waals surface area contributed by atoms with Crippen molar-refractivity contribution in [2.75, 3.05) is 11.5 Å². The molecular formula is C5H10S5. The highest BCUT2D eigenvalue weighted by Gasteiger charge is 2.16. The number of hydrogen-bond acceptors (Lipinski definition) is 5. The van der Waals surface area contributed by atoms with E-state index in [0.717, 1.165) is 0 Å². The average molecular weight is 230 g/mol. The van der Waals surface area contributed by atoms with Crippen LogP contribution in [-0.4, -0.2) is 19.3 Å². The predicted octanol–water partition coefficient (Wildman–Crippen LogP) is 3.02. The Hall–Kier alpha value is 1.75. The fourth-order valence-corrected chi connectivity index (χ4v) is 6.59. The maximum atomic E-state index is 4.21. The van der Waals surface area contributed by atoms with E-state index in [-0.39, 0.29) is 3.91 Å². The van der Waals surface area contributed by atoms with Crippen molar-refractivity contribution in [1.82, 2.24) is 0 Å². The second kappa shape index (κ2) is 5.41. The van der Waals surface area contributed by atoms with Gasteiger partial charge in [-0.05, 0) is 17.9 Å². The van der Waals surface area contributed by atoms with Gasteiger partial charge in [0.25, 0.3) is 0 Å². The van der Waals surface area contributed by atoms with Gasteiger partial charge in [-0.2, -0.15) is 25.3 Å². The van der Waals surface area contributed by atoms with Crippen molar-refractivity contribution in [2.24, 2.45) is 0 Å². The van der Waals surface area contributed by atoms with Gasteiger partial charge in [0, 0.05) is 0 Å². The molecule has 1 heterocycles. The van der Waals surface area contributed by atoms with Crippen LogP contribution in [0.2, 0.25) is 0 Å². The van der Waals surface area contributed by atoms with Crippen LogP contribution in [0.4, 0.5) is 0 Å². The molecule has 0 bridgehead atoms. The van der Waals surface area contributed by atoms with Gasteiger partial charge in [0.05, 0.1) is 7.83 Å². The van der Waals surface area contributed by atoms with Gasteiger partial charge in [0.15, 0.2) is 0 Å². The Kier molecular flexibility index (Phi) is 5.32. The molecule has 0 saturated carbocycles. The monoisotopic (exact) mass is 230 g/mol. The Morgan fingerprint density at radius 2 is 1.90 bits per heavy atom. The molecule has 0 amide bonds. The highest BCUT2D eigenvalue weighted by molar-refractivity contribution is 8.37. The molecule has 5 heteroatoms. The van der Waals surface area contributed by atoms with E-state index < -0.39 is 0 Å². The Balaban J connectivity index is 2.13. The Labute approximate surface area is 85.9 Å². The average Bonchev–Trinajstić information content (AvgIpc) is 1.88. The molecule has 0 spiro atoms. The quantitative estimate of drug-likeness (QED) is 0.553. The summed E-state index contributed by atoms with van der Waals surface area (Å²) >= 11 is 14.3. The lowest BCUT2D eigenvalue weighted by atomic mass is 10.6. The maximum absolute atomic E-state index is 4.21. The maximum Gasteiger partial charge on any atom is 0.0975 e. The van der Waals surface area contributed by atoms with Crippen LogP contribution in [-0.2, 0) is 0 Å². The third-order valence-electron chi connectivity index (χ3n) is 1.03. The molecule has 0 aromatic carbocycles. The van der Waals surface area contributed by atoms with E-state index in [1.165, 1.54) is 17.9 Å². The lowest BCUT2D eigenvalue weighted by molar-refractivity contribution is 1.12. The van der Waals surface area contributed by atoms with E-state index in [0.29, 0.717) is 3.91 Å². The van der Waals surface area contributed by atoms with Gasteiger partial charge in [-0.15, -0.1) is 35.3 Å². The molecule has 60 valence electrons. The summed E-state index contributed by atoms with van der Waals surface area (Å²) in [6.45, 7) is 0.